The van der Waals surface area contributed by atoms with Crippen molar-refractivity contribution in [2.75, 3.05) is 19.4 Å². The molecule has 0 radical (unpaired) electrons. The van der Waals surface area contributed by atoms with E-state index < -0.39 is 5.97 Å². The third-order valence-corrected chi connectivity index (χ3v) is 4.19. The standard InChI is InChI=1S/C15H16FNO2.C7H7NO2/c1-10(18)17-8-7-11-3-6-15(16)13-5-4-12(19-2)9-14(11)13;8-6-3-1-5(2-4-6)7(9)10/h3-6,9H,7-8H2,1-2H3,(H,17,18);1-4H,8H2,(H,9,10). The molecule has 3 aromatic rings. The van der Waals surface area contributed by atoms with Gasteiger partial charge in [0.15, 0.2) is 0 Å². The van der Waals surface area contributed by atoms with Gasteiger partial charge in [-0.25, -0.2) is 9.18 Å². The summed E-state index contributed by atoms with van der Waals surface area (Å²) in [5, 5.41) is 12.6. The second-order valence-electron chi connectivity index (χ2n) is 6.28. The lowest BCUT2D eigenvalue weighted by Crippen LogP contribution is -2.22. The van der Waals surface area contributed by atoms with Crippen molar-refractivity contribution >= 4 is 28.3 Å². The van der Waals surface area contributed by atoms with Crippen LogP contribution in [0.25, 0.3) is 10.8 Å². The van der Waals surface area contributed by atoms with Crippen LogP contribution in [0.2, 0.25) is 0 Å². The molecule has 0 spiro atoms. The van der Waals surface area contributed by atoms with Gasteiger partial charge in [0.2, 0.25) is 5.91 Å². The number of carbonyl (C=O) groups is 2. The van der Waals surface area contributed by atoms with Gasteiger partial charge in [-0.05, 0) is 65.9 Å². The number of nitrogens with one attached hydrogen (secondary N) is 1. The van der Waals surface area contributed by atoms with Crippen molar-refractivity contribution in [2.45, 2.75) is 13.3 Å². The highest BCUT2D eigenvalue weighted by Gasteiger charge is 2.07. The number of rotatable bonds is 5. The highest BCUT2D eigenvalue weighted by Crippen LogP contribution is 2.26. The minimum Gasteiger partial charge on any atom is -0.497 e. The van der Waals surface area contributed by atoms with E-state index in [-0.39, 0.29) is 17.3 Å². The lowest BCUT2D eigenvalue weighted by Gasteiger charge is -2.09. The van der Waals surface area contributed by atoms with Crippen LogP contribution in [0.1, 0.15) is 22.8 Å². The van der Waals surface area contributed by atoms with Crippen molar-refractivity contribution in [2.24, 2.45) is 0 Å². The minimum absolute atomic E-state index is 0.0657. The van der Waals surface area contributed by atoms with Gasteiger partial charge in [-0.2, -0.15) is 0 Å². The molecule has 7 heteroatoms. The molecule has 0 saturated carbocycles. The third-order valence-electron chi connectivity index (χ3n) is 4.19. The first-order valence-corrected chi connectivity index (χ1v) is 8.90. The van der Waals surface area contributed by atoms with Gasteiger partial charge in [0.1, 0.15) is 11.6 Å². The minimum atomic E-state index is -0.931. The molecule has 0 aliphatic rings. The predicted octanol–water partition coefficient (Wildman–Crippen LogP) is 3.63. The summed E-state index contributed by atoms with van der Waals surface area (Å²) >= 11 is 0. The van der Waals surface area contributed by atoms with Crippen LogP contribution in [-0.4, -0.2) is 30.6 Å². The van der Waals surface area contributed by atoms with Crippen LogP contribution in [0.15, 0.2) is 54.6 Å². The van der Waals surface area contributed by atoms with E-state index in [0.717, 1.165) is 10.9 Å². The number of nitrogens with two attached hydrogens (primary N) is 1. The van der Waals surface area contributed by atoms with Gasteiger partial charge in [-0.15, -0.1) is 0 Å². The highest BCUT2D eigenvalue weighted by atomic mass is 19.1. The summed E-state index contributed by atoms with van der Waals surface area (Å²) in [6.45, 7) is 2.01. The van der Waals surface area contributed by atoms with E-state index in [9.17, 15) is 14.0 Å². The van der Waals surface area contributed by atoms with Gasteiger partial charge < -0.3 is 20.9 Å². The van der Waals surface area contributed by atoms with Gasteiger partial charge in [0.25, 0.3) is 0 Å². The molecule has 0 heterocycles. The summed E-state index contributed by atoms with van der Waals surface area (Å²) in [7, 11) is 1.58. The second-order valence-corrected chi connectivity index (χ2v) is 6.28. The number of fused-ring (bicyclic) bond motifs is 1. The van der Waals surface area contributed by atoms with Gasteiger partial charge in [-0.1, -0.05) is 6.07 Å². The van der Waals surface area contributed by atoms with E-state index in [0.29, 0.717) is 29.8 Å². The predicted molar refractivity (Wildman–Crippen MR) is 111 cm³/mol. The fourth-order valence-corrected chi connectivity index (χ4v) is 2.69. The molecule has 0 saturated heterocycles. The molecule has 3 rings (SSSR count). The van der Waals surface area contributed by atoms with Crippen molar-refractivity contribution in [1.82, 2.24) is 5.32 Å². The number of carbonyl (C=O) groups excluding carboxylic acids is 1. The Morgan fingerprint density at radius 2 is 1.76 bits per heavy atom. The van der Waals surface area contributed by atoms with Crippen molar-refractivity contribution in [3.05, 3.63) is 71.5 Å². The Balaban J connectivity index is 0.000000253. The number of anilines is 1. The molecule has 1 amide bonds. The van der Waals surface area contributed by atoms with Crippen LogP contribution in [0.4, 0.5) is 10.1 Å². The molecule has 3 aromatic carbocycles. The molecule has 4 N–H and O–H groups in total. The topological polar surface area (TPSA) is 102 Å². The fourth-order valence-electron chi connectivity index (χ4n) is 2.69. The van der Waals surface area contributed by atoms with E-state index in [1.54, 1.807) is 37.4 Å². The second kappa shape index (κ2) is 10.1. The smallest absolute Gasteiger partial charge is 0.335 e. The Morgan fingerprint density at radius 1 is 1.07 bits per heavy atom. The summed E-state index contributed by atoms with van der Waals surface area (Å²) in [6.07, 6.45) is 0.656. The summed E-state index contributed by atoms with van der Waals surface area (Å²) in [5.41, 5.74) is 7.16. The average molecular weight is 398 g/mol. The molecular weight excluding hydrogens is 375 g/mol. The third kappa shape index (κ3) is 6.21. The van der Waals surface area contributed by atoms with E-state index in [1.807, 2.05) is 6.07 Å². The quantitative estimate of drug-likeness (QED) is 0.570. The van der Waals surface area contributed by atoms with Crippen LogP contribution < -0.4 is 15.8 Å². The lowest BCUT2D eigenvalue weighted by atomic mass is 10.0. The SMILES string of the molecule is COc1ccc2c(F)ccc(CCNC(C)=O)c2c1.Nc1ccc(C(=O)O)cc1. The first kappa shape index (κ1) is 21.7. The molecular formula is C22H23FN2O4. The molecule has 29 heavy (non-hydrogen) atoms. The largest absolute Gasteiger partial charge is 0.497 e. The number of ether oxygens (including phenoxy) is 1. The molecule has 0 fully saturated rings. The average Bonchev–Trinajstić information content (AvgIpc) is 2.70. The summed E-state index contributed by atoms with van der Waals surface area (Å²) in [6, 6.07) is 14.5. The summed E-state index contributed by atoms with van der Waals surface area (Å²) in [5.74, 6) is -0.552. The van der Waals surface area contributed by atoms with Crippen LogP contribution in [-0.2, 0) is 11.2 Å². The highest BCUT2D eigenvalue weighted by molar-refractivity contribution is 5.88. The number of halogens is 1. The Hall–Kier alpha value is -3.61. The Bertz CT molecular complexity index is 1000. The monoisotopic (exact) mass is 398 g/mol. The molecule has 0 aliphatic carbocycles. The van der Waals surface area contributed by atoms with Gasteiger partial charge in [-0.3, -0.25) is 4.79 Å². The van der Waals surface area contributed by atoms with E-state index in [4.69, 9.17) is 15.6 Å². The number of hydrogen-bond donors (Lipinski definition) is 3. The molecule has 6 nitrogen and oxygen atoms in total. The van der Waals surface area contributed by atoms with E-state index in [2.05, 4.69) is 5.32 Å². The van der Waals surface area contributed by atoms with Crippen LogP contribution >= 0.6 is 0 Å². The number of carboxylic acids is 1. The van der Waals surface area contributed by atoms with Gasteiger partial charge in [0.05, 0.1) is 12.7 Å². The number of hydrogen-bond acceptors (Lipinski definition) is 4. The van der Waals surface area contributed by atoms with E-state index in [1.165, 1.54) is 25.1 Å². The lowest BCUT2D eigenvalue weighted by molar-refractivity contribution is -0.118. The van der Waals surface area contributed by atoms with Crippen molar-refractivity contribution in [3.8, 4) is 5.75 Å². The number of carboxylic acid groups (broad SMARTS) is 1. The van der Waals surface area contributed by atoms with Crippen molar-refractivity contribution in [3.63, 3.8) is 0 Å². The molecule has 0 bridgehead atoms. The zero-order valence-electron chi connectivity index (χ0n) is 16.2. The van der Waals surface area contributed by atoms with Crippen molar-refractivity contribution in [1.29, 1.82) is 0 Å². The maximum Gasteiger partial charge on any atom is 0.335 e. The number of nitrogen functional groups attached to an aromatic ring is 1. The number of amides is 1. The molecule has 152 valence electrons. The zero-order valence-corrected chi connectivity index (χ0v) is 16.2. The maximum atomic E-state index is 13.7. The molecule has 0 aromatic heterocycles. The van der Waals surface area contributed by atoms with Crippen LogP contribution in [0.3, 0.4) is 0 Å². The Morgan fingerprint density at radius 3 is 2.34 bits per heavy atom. The van der Waals surface area contributed by atoms with Crippen LogP contribution in [0, 0.1) is 5.82 Å². The summed E-state index contributed by atoms with van der Waals surface area (Å²) in [4.78, 5) is 21.1. The first-order valence-electron chi connectivity index (χ1n) is 8.90. The Labute approximate surface area is 168 Å². The molecule has 0 atom stereocenters. The van der Waals surface area contributed by atoms with Gasteiger partial charge in [0, 0.05) is 24.5 Å². The zero-order chi connectivity index (χ0) is 21.4. The van der Waals surface area contributed by atoms with Gasteiger partial charge >= 0.3 is 5.97 Å². The first-order chi connectivity index (χ1) is 13.8. The number of aromatic carboxylic acids is 1. The number of methoxy groups -OCH3 is 1. The van der Waals surface area contributed by atoms with Crippen molar-refractivity contribution < 1.29 is 23.8 Å². The number of benzene rings is 3. The van der Waals surface area contributed by atoms with Crippen LogP contribution in [0.5, 0.6) is 5.75 Å². The normalized spacial score (nSPS) is 10.0. The fraction of sp³-hybridized carbons (Fsp3) is 0.182. The maximum absolute atomic E-state index is 13.7. The molecule has 0 unspecified atom stereocenters. The Kier molecular flexibility index (Phi) is 7.54. The molecule has 0 aliphatic heterocycles. The van der Waals surface area contributed by atoms with E-state index >= 15 is 0 Å². The summed E-state index contributed by atoms with van der Waals surface area (Å²) < 4.78 is 18.9.